The first-order chi connectivity index (χ1) is 12.1. The molecule has 1 amide bonds. The predicted octanol–water partition coefficient (Wildman–Crippen LogP) is 3.10. The number of carbonyl (C=O) groups is 1. The van der Waals surface area contributed by atoms with Gasteiger partial charge in [0.25, 0.3) is 5.91 Å². The molecule has 0 bridgehead atoms. The van der Waals surface area contributed by atoms with Gasteiger partial charge in [0.15, 0.2) is 6.61 Å². The van der Waals surface area contributed by atoms with E-state index in [1.54, 1.807) is 0 Å². The van der Waals surface area contributed by atoms with E-state index in [9.17, 15) is 4.79 Å². The van der Waals surface area contributed by atoms with Gasteiger partial charge in [-0.1, -0.05) is 17.7 Å². The second kappa shape index (κ2) is 6.99. The predicted molar refractivity (Wildman–Crippen MR) is 98.7 cm³/mol. The number of hydrogen-bond acceptors (Lipinski definition) is 3. The molecule has 0 unspecified atom stereocenters. The zero-order valence-electron chi connectivity index (χ0n) is 15.4. The zero-order chi connectivity index (χ0) is 17.3. The lowest BCUT2D eigenvalue weighted by molar-refractivity contribution is -0.132. The molecule has 0 N–H and O–H groups in total. The van der Waals surface area contributed by atoms with Gasteiger partial charge < -0.3 is 14.5 Å². The minimum atomic E-state index is 0.136. The fourth-order valence-corrected chi connectivity index (χ4v) is 4.48. The van der Waals surface area contributed by atoms with E-state index in [0.717, 1.165) is 31.2 Å². The average molecular weight is 342 g/mol. The summed E-state index contributed by atoms with van der Waals surface area (Å²) in [6.07, 6.45) is 6.56. The Kier molecular flexibility index (Phi) is 4.72. The fraction of sp³-hybridized carbons (Fsp3) is 0.667. The third-order valence-corrected chi connectivity index (χ3v) is 6.13. The van der Waals surface area contributed by atoms with Crippen molar-refractivity contribution in [2.45, 2.75) is 39.0 Å². The van der Waals surface area contributed by atoms with Crippen LogP contribution in [0.1, 0.15) is 37.7 Å². The molecule has 4 heteroatoms. The maximum absolute atomic E-state index is 12.6. The molecule has 4 rings (SSSR count). The van der Waals surface area contributed by atoms with Crippen LogP contribution in [-0.2, 0) is 4.79 Å². The van der Waals surface area contributed by atoms with Crippen molar-refractivity contribution in [3.63, 3.8) is 0 Å². The van der Waals surface area contributed by atoms with Crippen molar-refractivity contribution in [2.24, 2.45) is 11.3 Å². The molecule has 1 aromatic rings. The van der Waals surface area contributed by atoms with E-state index in [0.29, 0.717) is 5.41 Å². The summed E-state index contributed by atoms with van der Waals surface area (Å²) >= 11 is 0. The molecule has 1 atom stereocenters. The molecule has 25 heavy (non-hydrogen) atoms. The van der Waals surface area contributed by atoms with Crippen LogP contribution in [0.2, 0.25) is 0 Å². The molecule has 2 heterocycles. The van der Waals surface area contributed by atoms with E-state index >= 15 is 0 Å². The van der Waals surface area contributed by atoms with E-state index < -0.39 is 0 Å². The van der Waals surface area contributed by atoms with E-state index in [2.05, 4.69) is 11.8 Å². The first-order valence-electron chi connectivity index (χ1n) is 9.82. The highest BCUT2D eigenvalue weighted by molar-refractivity contribution is 5.78. The van der Waals surface area contributed by atoms with Gasteiger partial charge in [0.2, 0.25) is 0 Å². The number of nitrogens with zero attached hydrogens (tertiary/aromatic N) is 2. The third kappa shape index (κ3) is 4.17. The molecule has 0 radical (unpaired) electrons. The Labute approximate surface area is 151 Å². The number of rotatable bonds is 5. The minimum absolute atomic E-state index is 0.136. The lowest BCUT2D eigenvalue weighted by Crippen LogP contribution is -2.46. The lowest BCUT2D eigenvalue weighted by Gasteiger charge is -2.40. The van der Waals surface area contributed by atoms with Gasteiger partial charge in [-0.2, -0.15) is 0 Å². The first-order valence-corrected chi connectivity index (χ1v) is 9.82. The second-order valence-corrected chi connectivity index (χ2v) is 8.45. The van der Waals surface area contributed by atoms with E-state index in [4.69, 9.17) is 4.74 Å². The van der Waals surface area contributed by atoms with Gasteiger partial charge in [-0.3, -0.25) is 4.79 Å². The molecular weight excluding hydrogens is 312 g/mol. The molecule has 3 fully saturated rings. The topological polar surface area (TPSA) is 32.8 Å². The standard InChI is InChI=1S/C21H30N2O2/c1-17-3-7-19(8-4-17)25-14-20(24)23-12-10-21(16-23)9-2-11-22(15-21)13-18-5-6-18/h3-4,7-8,18H,2,5-6,9-16H2,1H3/t21-/m1/s1. The Balaban J connectivity index is 1.28. The van der Waals surface area contributed by atoms with Crippen molar-refractivity contribution in [2.75, 3.05) is 39.3 Å². The highest BCUT2D eigenvalue weighted by atomic mass is 16.5. The summed E-state index contributed by atoms with van der Waals surface area (Å²) in [4.78, 5) is 17.3. The van der Waals surface area contributed by atoms with Crippen LogP contribution in [-0.4, -0.2) is 55.0 Å². The Morgan fingerprint density at radius 1 is 1.16 bits per heavy atom. The number of amides is 1. The normalized spacial score (nSPS) is 27.0. The highest BCUT2D eigenvalue weighted by Gasteiger charge is 2.43. The van der Waals surface area contributed by atoms with Crippen molar-refractivity contribution in [1.82, 2.24) is 9.80 Å². The summed E-state index contributed by atoms with van der Waals surface area (Å²) in [7, 11) is 0. The van der Waals surface area contributed by atoms with Gasteiger partial charge in [-0.05, 0) is 63.6 Å². The molecular formula is C21H30N2O2. The van der Waals surface area contributed by atoms with Crippen molar-refractivity contribution < 1.29 is 9.53 Å². The molecule has 1 spiro atoms. The molecule has 136 valence electrons. The molecule has 1 saturated carbocycles. The van der Waals surface area contributed by atoms with Crippen LogP contribution < -0.4 is 4.74 Å². The summed E-state index contributed by atoms with van der Waals surface area (Å²) in [5.41, 5.74) is 1.54. The highest BCUT2D eigenvalue weighted by Crippen LogP contribution is 2.40. The van der Waals surface area contributed by atoms with E-state index in [-0.39, 0.29) is 12.5 Å². The van der Waals surface area contributed by atoms with Gasteiger partial charge in [-0.15, -0.1) is 0 Å². The average Bonchev–Trinajstić information content (AvgIpc) is 3.33. The summed E-state index contributed by atoms with van der Waals surface area (Å²) in [5.74, 6) is 1.87. The minimum Gasteiger partial charge on any atom is -0.484 e. The van der Waals surface area contributed by atoms with Gasteiger partial charge in [0, 0.05) is 31.6 Å². The van der Waals surface area contributed by atoms with Crippen molar-refractivity contribution in [1.29, 1.82) is 0 Å². The zero-order valence-corrected chi connectivity index (χ0v) is 15.4. The van der Waals surface area contributed by atoms with Gasteiger partial charge in [0.05, 0.1) is 0 Å². The monoisotopic (exact) mass is 342 g/mol. The summed E-state index contributed by atoms with van der Waals surface area (Å²) in [6, 6.07) is 7.90. The number of carbonyl (C=O) groups excluding carboxylic acids is 1. The van der Waals surface area contributed by atoms with Crippen LogP contribution in [0.4, 0.5) is 0 Å². The third-order valence-electron chi connectivity index (χ3n) is 6.13. The van der Waals surface area contributed by atoms with E-state index in [1.807, 2.05) is 29.2 Å². The quantitative estimate of drug-likeness (QED) is 0.824. The Hall–Kier alpha value is -1.55. The number of hydrogen-bond donors (Lipinski definition) is 0. The van der Waals surface area contributed by atoms with Crippen LogP contribution in [0.15, 0.2) is 24.3 Å². The maximum atomic E-state index is 12.6. The van der Waals surface area contributed by atoms with E-state index in [1.165, 1.54) is 50.9 Å². The Morgan fingerprint density at radius 3 is 2.72 bits per heavy atom. The number of aryl methyl sites for hydroxylation is 1. The number of likely N-dealkylation sites (tertiary alicyclic amines) is 2. The molecule has 1 aliphatic carbocycles. The van der Waals surface area contributed by atoms with Crippen molar-refractivity contribution in [3.05, 3.63) is 29.8 Å². The molecule has 4 nitrogen and oxygen atoms in total. The fourth-order valence-electron chi connectivity index (χ4n) is 4.48. The largest absolute Gasteiger partial charge is 0.484 e. The Morgan fingerprint density at radius 2 is 1.96 bits per heavy atom. The Bertz CT molecular complexity index is 611. The van der Waals surface area contributed by atoms with Crippen LogP contribution in [0, 0.1) is 18.3 Å². The number of benzene rings is 1. The van der Waals surface area contributed by atoms with Gasteiger partial charge >= 0.3 is 0 Å². The van der Waals surface area contributed by atoms with Crippen LogP contribution in [0.5, 0.6) is 5.75 Å². The van der Waals surface area contributed by atoms with Crippen LogP contribution >= 0.6 is 0 Å². The smallest absolute Gasteiger partial charge is 0.260 e. The number of piperidine rings is 1. The molecule has 0 aromatic heterocycles. The van der Waals surface area contributed by atoms with Gasteiger partial charge in [-0.25, -0.2) is 0 Å². The molecule has 2 saturated heterocycles. The SMILES string of the molecule is Cc1ccc(OCC(=O)N2CC[C@@]3(CCCN(CC4CC4)C3)C2)cc1. The second-order valence-electron chi connectivity index (χ2n) is 8.45. The lowest BCUT2D eigenvalue weighted by atomic mass is 9.79. The van der Waals surface area contributed by atoms with Crippen molar-refractivity contribution >= 4 is 5.91 Å². The summed E-state index contributed by atoms with van der Waals surface area (Å²) < 4.78 is 5.69. The summed E-state index contributed by atoms with van der Waals surface area (Å²) in [6.45, 7) is 7.75. The van der Waals surface area contributed by atoms with Gasteiger partial charge in [0.1, 0.15) is 5.75 Å². The van der Waals surface area contributed by atoms with Crippen LogP contribution in [0.25, 0.3) is 0 Å². The molecule has 3 aliphatic rings. The molecule has 2 aliphatic heterocycles. The summed E-state index contributed by atoms with van der Waals surface area (Å²) in [5, 5.41) is 0. The van der Waals surface area contributed by atoms with Crippen molar-refractivity contribution in [3.8, 4) is 5.75 Å². The molecule has 1 aromatic carbocycles. The maximum Gasteiger partial charge on any atom is 0.260 e. The van der Waals surface area contributed by atoms with Crippen LogP contribution in [0.3, 0.4) is 0 Å². The first kappa shape index (κ1) is 16.9. The number of ether oxygens (including phenoxy) is 1.